The minimum atomic E-state index is -0.0206. The Morgan fingerprint density at radius 2 is 2.16 bits per heavy atom. The highest BCUT2D eigenvalue weighted by molar-refractivity contribution is 7.05. The third kappa shape index (κ3) is 3.26. The molecule has 1 aromatic heterocycles. The van der Waals surface area contributed by atoms with E-state index in [0.29, 0.717) is 10.0 Å². The molecule has 0 aliphatic carbocycles. The molecule has 1 atom stereocenters. The molecule has 2 rings (SSSR count). The summed E-state index contributed by atoms with van der Waals surface area (Å²) in [7, 11) is 1.90. The molecule has 0 bridgehead atoms. The third-order valence-corrected chi connectivity index (χ3v) is 4.30. The normalized spacial score (nSPS) is 12.6. The summed E-state index contributed by atoms with van der Waals surface area (Å²) in [5.41, 5.74) is 1.99. The van der Waals surface area contributed by atoms with E-state index in [-0.39, 0.29) is 6.04 Å². The summed E-state index contributed by atoms with van der Waals surface area (Å²) in [6.45, 7) is 2.13. The highest BCUT2D eigenvalue weighted by Crippen LogP contribution is 2.33. The SMILES string of the molecule is CCCc1nnsc1C(NC)c1cc(Cl)ccc1Cl. The lowest BCUT2D eigenvalue weighted by molar-refractivity contribution is 0.688. The van der Waals surface area contributed by atoms with Crippen LogP contribution >= 0.6 is 34.7 Å². The van der Waals surface area contributed by atoms with E-state index in [4.69, 9.17) is 23.2 Å². The van der Waals surface area contributed by atoms with Crippen molar-refractivity contribution in [3.63, 3.8) is 0 Å². The van der Waals surface area contributed by atoms with Crippen molar-refractivity contribution >= 4 is 34.7 Å². The highest BCUT2D eigenvalue weighted by atomic mass is 35.5. The van der Waals surface area contributed by atoms with Crippen LogP contribution in [0, 0.1) is 0 Å². The minimum Gasteiger partial charge on any atom is -0.309 e. The molecular weight excluding hydrogens is 301 g/mol. The molecule has 0 spiro atoms. The summed E-state index contributed by atoms with van der Waals surface area (Å²) in [5, 5.41) is 8.85. The topological polar surface area (TPSA) is 37.8 Å². The van der Waals surface area contributed by atoms with Crippen LogP contribution in [0.2, 0.25) is 10.0 Å². The quantitative estimate of drug-likeness (QED) is 0.902. The Morgan fingerprint density at radius 1 is 1.37 bits per heavy atom. The van der Waals surface area contributed by atoms with Gasteiger partial charge in [0.2, 0.25) is 0 Å². The van der Waals surface area contributed by atoms with E-state index in [0.717, 1.165) is 29.0 Å². The summed E-state index contributed by atoms with van der Waals surface area (Å²) < 4.78 is 4.06. The standard InChI is InChI=1S/C13H15Cl2N3S/c1-3-4-11-13(19-18-17-11)12(16-2)9-7-8(14)5-6-10(9)15/h5-7,12,16H,3-4H2,1-2H3. The molecule has 1 N–H and O–H groups in total. The molecule has 19 heavy (non-hydrogen) atoms. The first-order valence-corrected chi connectivity index (χ1v) is 7.63. The number of aromatic nitrogens is 2. The predicted octanol–water partition coefficient (Wildman–Crippen LogP) is 4.11. The van der Waals surface area contributed by atoms with E-state index >= 15 is 0 Å². The van der Waals surface area contributed by atoms with Crippen LogP contribution in [0.3, 0.4) is 0 Å². The van der Waals surface area contributed by atoms with Crippen LogP contribution in [-0.4, -0.2) is 16.6 Å². The number of benzene rings is 1. The average molecular weight is 316 g/mol. The zero-order valence-electron chi connectivity index (χ0n) is 10.8. The van der Waals surface area contributed by atoms with E-state index in [1.165, 1.54) is 11.5 Å². The van der Waals surface area contributed by atoms with Crippen molar-refractivity contribution in [2.45, 2.75) is 25.8 Å². The van der Waals surface area contributed by atoms with Crippen molar-refractivity contribution in [2.75, 3.05) is 7.05 Å². The fourth-order valence-corrected chi connectivity index (χ4v) is 3.24. The average Bonchev–Trinajstić information content (AvgIpc) is 2.83. The van der Waals surface area contributed by atoms with Gasteiger partial charge in [0.15, 0.2) is 0 Å². The van der Waals surface area contributed by atoms with E-state index < -0.39 is 0 Å². The van der Waals surface area contributed by atoms with Crippen molar-refractivity contribution in [1.82, 2.24) is 14.9 Å². The van der Waals surface area contributed by atoms with Crippen LogP contribution < -0.4 is 5.32 Å². The maximum Gasteiger partial charge on any atom is 0.0807 e. The lowest BCUT2D eigenvalue weighted by atomic mass is 10.0. The van der Waals surface area contributed by atoms with E-state index in [2.05, 4.69) is 21.8 Å². The maximum absolute atomic E-state index is 6.28. The molecule has 0 fully saturated rings. The Labute approximate surface area is 127 Å². The Balaban J connectivity index is 2.44. The second-order valence-corrected chi connectivity index (χ2v) is 5.85. The van der Waals surface area contributed by atoms with Gasteiger partial charge in [-0.3, -0.25) is 0 Å². The molecule has 1 aromatic carbocycles. The molecule has 0 amide bonds. The summed E-state index contributed by atoms with van der Waals surface area (Å²) in [5.74, 6) is 0. The number of hydrogen-bond donors (Lipinski definition) is 1. The van der Waals surface area contributed by atoms with Crippen LogP contribution in [0.15, 0.2) is 18.2 Å². The van der Waals surface area contributed by atoms with E-state index in [1.807, 2.05) is 19.2 Å². The number of aryl methyl sites for hydroxylation is 1. The zero-order chi connectivity index (χ0) is 13.8. The summed E-state index contributed by atoms with van der Waals surface area (Å²) >= 11 is 13.8. The van der Waals surface area contributed by atoms with Gasteiger partial charge >= 0.3 is 0 Å². The molecule has 1 unspecified atom stereocenters. The fraction of sp³-hybridized carbons (Fsp3) is 0.385. The fourth-order valence-electron chi connectivity index (χ4n) is 2.01. The molecule has 2 aromatic rings. The van der Waals surface area contributed by atoms with Gasteiger partial charge in [-0.25, -0.2) is 0 Å². The number of hydrogen-bond acceptors (Lipinski definition) is 4. The predicted molar refractivity (Wildman–Crippen MR) is 81.3 cm³/mol. The first-order valence-electron chi connectivity index (χ1n) is 6.10. The van der Waals surface area contributed by atoms with Crippen LogP contribution in [0.5, 0.6) is 0 Å². The molecule has 3 nitrogen and oxygen atoms in total. The lowest BCUT2D eigenvalue weighted by Crippen LogP contribution is -2.18. The first-order chi connectivity index (χ1) is 9.17. The molecule has 0 saturated heterocycles. The number of nitrogens with zero attached hydrogens (tertiary/aromatic N) is 2. The smallest absolute Gasteiger partial charge is 0.0807 e. The maximum atomic E-state index is 6.28. The summed E-state index contributed by atoms with van der Waals surface area (Å²) in [6, 6.07) is 5.48. The zero-order valence-corrected chi connectivity index (χ0v) is 13.1. The number of rotatable bonds is 5. The molecule has 0 aliphatic heterocycles. The Bertz CT molecular complexity index is 557. The van der Waals surface area contributed by atoms with Crippen molar-refractivity contribution in [1.29, 1.82) is 0 Å². The van der Waals surface area contributed by atoms with Crippen LogP contribution in [0.1, 0.15) is 35.5 Å². The van der Waals surface area contributed by atoms with Gasteiger partial charge in [0, 0.05) is 10.0 Å². The summed E-state index contributed by atoms with van der Waals surface area (Å²) in [4.78, 5) is 1.11. The van der Waals surface area contributed by atoms with Crippen molar-refractivity contribution in [3.8, 4) is 0 Å². The van der Waals surface area contributed by atoms with Crippen molar-refractivity contribution < 1.29 is 0 Å². The highest BCUT2D eigenvalue weighted by Gasteiger charge is 2.21. The number of halogens is 2. The van der Waals surface area contributed by atoms with Crippen LogP contribution in [0.25, 0.3) is 0 Å². The third-order valence-electron chi connectivity index (χ3n) is 2.89. The van der Waals surface area contributed by atoms with E-state index in [1.54, 1.807) is 6.07 Å². The van der Waals surface area contributed by atoms with Crippen molar-refractivity contribution in [3.05, 3.63) is 44.4 Å². The molecule has 6 heteroatoms. The largest absolute Gasteiger partial charge is 0.309 e. The Morgan fingerprint density at radius 3 is 2.84 bits per heavy atom. The Hall–Kier alpha value is -0.680. The van der Waals surface area contributed by atoms with Gasteiger partial charge in [-0.05, 0) is 48.8 Å². The number of nitrogens with one attached hydrogen (secondary N) is 1. The lowest BCUT2D eigenvalue weighted by Gasteiger charge is -2.17. The van der Waals surface area contributed by atoms with E-state index in [9.17, 15) is 0 Å². The van der Waals surface area contributed by atoms with Crippen LogP contribution in [0.4, 0.5) is 0 Å². The first kappa shape index (κ1) is 14.7. The van der Waals surface area contributed by atoms with Gasteiger partial charge in [0.1, 0.15) is 0 Å². The van der Waals surface area contributed by atoms with Gasteiger partial charge in [0.05, 0.1) is 16.6 Å². The summed E-state index contributed by atoms with van der Waals surface area (Å²) in [6.07, 6.45) is 1.96. The molecule has 0 aliphatic rings. The van der Waals surface area contributed by atoms with Gasteiger partial charge in [-0.1, -0.05) is 41.0 Å². The van der Waals surface area contributed by atoms with Crippen LogP contribution in [-0.2, 0) is 6.42 Å². The Kier molecular flexibility index (Phi) is 5.16. The van der Waals surface area contributed by atoms with Gasteiger partial charge in [0.25, 0.3) is 0 Å². The molecule has 0 saturated carbocycles. The second kappa shape index (κ2) is 6.66. The molecule has 0 radical (unpaired) electrons. The minimum absolute atomic E-state index is 0.0206. The van der Waals surface area contributed by atoms with Gasteiger partial charge in [-0.15, -0.1) is 5.10 Å². The molecule has 102 valence electrons. The van der Waals surface area contributed by atoms with Gasteiger partial charge in [-0.2, -0.15) is 0 Å². The molecular formula is C13H15Cl2N3S. The van der Waals surface area contributed by atoms with Crippen molar-refractivity contribution in [2.24, 2.45) is 0 Å². The second-order valence-electron chi connectivity index (χ2n) is 4.22. The monoisotopic (exact) mass is 315 g/mol. The molecule has 1 heterocycles. The van der Waals surface area contributed by atoms with Gasteiger partial charge < -0.3 is 5.32 Å².